The van der Waals surface area contributed by atoms with Gasteiger partial charge in [-0.15, -0.1) is 0 Å². The van der Waals surface area contributed by atoms with Crippen LogP contribution in [0.5, 0.6) is 0 Å². The van der Waals surface area contributed by atoms with Crippen molar-refractivity contribution < 1.29 is 14.1 Å². The molecule has 0 aliphatic heterocycles. The third kappa shape index (κ3) is 3.45. The molecule has 16 heavy (non-hydrogen) atoms. The molecule has 1 aromatic carbocycles. The first-order chi connectivity index (χ1) is 7.54. The number of benzene rings is 1. The molecule has 0 fully saturated rings. The van der Waals surface area contributed by atoms with Crippen molar-refractivity contribution >= 4 is 16.8 Å². The zero-order chi connectivity index (χ0) is 12.1. The van der Waals surface area contributed by atoms with Crippen LogP contribution in [-0.2, 0) is 16.6 Å². The van der Waals surface area contributed by atoms with Gasteiger partial charge in [0.25, 0.3) is 0 Å². The second-order valence-electron chi connectivity index (χ2n) is 3.75. The van der Waals surface area contributed by atoms with Crippen LogP contribution in [0.4, 0.5) is 0 Å². The maximum atomic E-state index is 11.8. The molecule has 0 aliphatic carbocycles. The molecular formula is C12H16O3S. The average molecular weight is 240 g/mol. The summed E-state index contributed by atoms with van der Waals surface area (Å²) in [6.07, 6.45) is 0.889. The van der Waals surface area contributed by atoms with Gasteiger partial charge in [0.1, 0.15) is 0 Å². The van der Waals surface area contributed by atoms with Crippen LogP contribution >= 0.6 is 0 Å². The van der Waals surface area contributed by atoms with E-state index in [0.29, 0.717) is 5.75 Å². The average Bonchev–Trinajstić information content (AvgIpc) is 2.28. The minimum atomic E-state index is -0.936. The summed E-state index contributed by atoms with van der Waals surface area (Å²) in [6, 6.07) is 6.55. The van der Waals surface area contributed by atoms with Crippen LogP contribution in [0.2, 0.25) is 0 Å². The fourth-order valence-electron chi connectivity index (χ4n) is 1.24. The van der Waals surface area contributed by atoms with E-state index in [-0.39, 0.29) is 10.8 Å². The lowest BCUT2D eigenvalue weighted by Gasteiger charge is -2.08. The Balaban J connectivity index is 2.69. The van der Waals surface area contributed by atoms with Crippen molar-refractivity contribution in [2.75, 3.05) is 0 Å². The van der Waals surface area contributed by atoms with Crippen LogP contribution in [-0.4, -0.2) is 20.5 Å². The molecular weight excluding hydrogens is 224 g/mol. The van der Waals surface area contributed by atoms with Gasteiger partial charge in [-0.1, -0.05) is 26.0 Å². The molecule has 1 aromatic rings. The Hall–Kier alpha value is -1.16. The zero-order valence-electron chi connectivity index (χ0n) is 9.47. The van der Waals surface area contributed by atoms with Gasteiger partial charge in [0.05, 0.1) is 5.56 Å². The van der Waals surface area contributed by atoms with E-state index in [0.717, 1.165) is 12.0 Å². The van der Waals surface area contributed by atoms with Gasteiger partial charge in [0, 0.05) is 21.8 Å². The summed E-state index contributed by atoms with van der Waals surface area (Å²) in [5.74, 6) is -0.441. The summed E-state index contributed by atoms with van der Waals surface area (Å²) in [6.45, 7) is 3.97. The van der Waals surface area contributed by atoms with Crippen molar-refractivity contribution in [3.63, 3.8) is 0 Å². The van der Waals surface area contributed by atoms with Crippen LogP contribution in [0, 0.1) is 0 Å². The summed E-state index contributed by atoms with van der Waals surface area (Å²) in [4.78, 5) is 10.6. The second-order valence-corrected chi connectivity index (χ2v) is 5.60. The first-order valence-corrected chi connectivity index (χ1v) is 6.62. The number of carboxylic acids is 1. The largest absolute Gasteiger partial charge is 0.478 e. The molecule has 2 unspecified atom stereocenters. The minimum Gasteiger partial charge on any atom is -0.478 e. The maximum absolute atomic E-state index is 11.8. The fraction of sp³-hybridized carbons (Fsp3) is 0.417. The van der Waals surface area contributed by atoms with E-state index >= 15 is 0 Å². The summed E-state index contributed by atoms with van der Waals surface area (Å²) < 4.78 is 11.8. The Morgan fingerprint density at radius 2 is 1.94 bits per heavy atom. The van der Waals surface area contributed by atoms with Gasteiger partial charge in [-0.05, 0) is 24.1 Å². The molecule has 0 saturated carbocycles. The molecule has 0 aliphatic rings. The van der Waals surface area contributed by atoms with Gasteiger partial charge in [0.2, 0.25) is 0 Å². The Kier molecular flexibility index (Phi) is 4.68. The summed E-state index contributed by atoms with van der Waals surface area (Å²) in [7, 11) is -0.881. The van der Waals surface area contributed by atoms with Gasteiger partial charge < -0.3 is 5.11 Å². The Bertz CT molecular complexity index is 384. The predicted octanol–water partition coefficient (Wildman–Crippen LogP) is 2.43. The summed E-state index contributed by atoms with van der Waals surface area (Å²) in [5.41, 5.74) is 1.18. The second kappa shape index (κ2) is 5.80. The molecule has 1 N–H and O–H groups in total. The highest BCUT2D eigenvalue weighted by Crippen LogP contribution is 2.11. The molecule has 2 atom stereocenters. The SMILES string of the molecule is CCC(C)S(=O)Cc1ccc(C(=O)O)cc1. The maximum Gasteiger partial charge on any atom is 0.335 e. The smallest absolute Gasteiger partial charge is 0.335 e. The van der Waals surface area contributed by atoms with Gasteiger partial charge in [-0.25, -0.2) is 4.79 Å². The molecule has 0 radical (unpaired) electrons. The van der Waals surface area contributed by atoms with Gasteiger partial charge in [0.15, 0.2) is 0 Å². The molecule has 3 nitrogen and oxygen atoms in total. The molecule has 0 spiro atoms. The standard InChI is InChI=1S/C12H16O3S/c1-3-9(2)16(15)8-10-4-6-11(7-5-10)12(13)14/h4-7,9H,3,8H2,1-2H3,(H,13,14). The van der Waals surface area contributed by atoms with E-state index in [1.165, 1.54) is 0 Å². The van der Waals surface area contributed by atoms with Crippen molar-refractivity contribution in [2.24, 2.45) is 0 Å². The minimum absolute atomic E-state index is 0.180. The highest BCUT2D eigenvalue weighted by atomic mass is 32.2. The Morgan fingerprint density at radius 1 is 1.38 bits per heavy atom. The molecule has 0 heterocycles. The van der Waals surface area contributed by atoms with E-state index in [9.17, 15) is 9.00 Å². The van der Waals surface area contributed by atoms with Crippen molar-refractivity contribution in [3.05, 3.63) is 35.4 Å². The van der Waals surface area contributed by atoms with Gasteiger partial charge in [-0.3, -0.25) is 4.21 Å². The molecule has 0 saturated heterocycles. The quantitative estimate of drug-likeness (QED) is 0.860. The molecule has 0 amide bonds. The van der Waals surface area contributed by atoms with Crippen molar-refractivity contribution in [3.8, 4) is 0 Å². The Labute approximate surface area is 98.0 Å². The first kappa shape index (κ1) is 12.9. The highest BCUT2D eigenvalue weighted by molar-refractivity contribution is 7.84. The normalized spacial score (nSPS) is 14.4. The summed E-state index contributed by atoms with van der Waals surface area (Å²) in [5, 5.41) is 8.90. The van der Waals surface area contributed by atoms with Crippen LogP contribution in [0.25, 0.3) is 0 Å². The lowest BCUT2D eigenvalue weighted by atomic mass is 10.1. The van der Waals surface area contributed by atoms with Crippen LogP contribution < -0.4 is 0 Å². The molecule has 88 valence electrons. The number of hydrogen-bond donors (Lipinski definition) is 1. The van der Waals surface area contributed by atoms with Gasteiger partial charge in [-0.2, -0.15) is 0 Å². The van der Waals surface area contributed by atoms with E-state index in [1.807, 2.05) is 13.8 Å². The fourth-order valence-corrected chi connectivity index (χ4v) is 2.41. The molecule has 4 heteroatoms. The Morgan fingerprint density at radius 3 is 2.38 bits per heavy atom. The number of hydrogen-bond acceptors (Lipinski definition) is 2. The van der Waals surface area contributed by atoms with Crippen LogP contribution in [0.15, 0.2) is 24.3 Å². The van der Waals surface area contributed by atoms with E-state index < -0.39 is 16.8 Å². The van der Waals surface area contributed by atoms with Crippen LogP contribution in [0.3, 0.4) is 0 Å². The number of aromatic carboxylic acids is 1. The first-order valence-electron chi connectivity index (χ1n) is 5.24. The van der Waals surface area contributed by atoms with E-state index in [4.69, 9.17) is 5.11 Å². The third-order valence-corrected chi connectivity index (χ3v) is 4.38. The zero-order valence-corrected chi connectivity index (χ0v) is 10.3. The lowest BCUT2D eigenvalue weighted by molar-refractivity contribution is 0.0697. The van der Waals surface area contributed by atoms with Crippen LogP contribution in [0.1, 0.15) is 36.2 Å². The van der Waals surface area contributed by atoms with Crippen molar-refractivity contribution in [2.45, 2.75) is 31.3 Å². The number of carboxylic acid groups (broad SMARTS) is 1. The molecule has 0 bridgehead atoms. The van der Waals surface area contributed by atoms with Crippen molar-refractivity contribution in [1.82, 2.24) is 0 Å². The van der Waals surface area contributed by atoms with E-state index in [2.05, 4.69) is 0 Å². The predicted molar refractivity (Wildman–Crippen MR) is 65.0 cm³/mol. The summed E-state index contributed by atoms with van der Waals surface area (Å²) >= 11 is 0. The number of rotatable bonds is 5. The highest BCUT2D eigenvalue weighted by Gasteiger charge is 2.09. The third-order valence-electron chi connectivity index (χ3n) is 2.53. The van der Waals surface area contributed by atoms with Crippen molar-refractivity contribution in [1.29, 1.82) is 0 Å². The van der Waals surface area contributed by atoms with E-state index in [1.54, 1.807) is 24.3 Å². The molecule has 1 rings (SSSR count). The topological polar surface area (TPSA) is 54.4 Å². The monoisotopic (exact) mass is 240 g/mol. The molecule has 0 aromatic heterocycles. The lowest BCUT2D eigenvalue weighted by Crippen LogP contribution is -2.11. The number of carbonyl (C=O) groups is 1. The van der Waals surface area contributed by atoms with Gasteiger partial charge >= 0.3 is 5.97 Å².